The molecule has 7 nitrogen and oxygen atoms in total. The van der Waals surface area contributed by atoms with Crippen LogP contribution in [0.3, 0.4) is 0 Å². The monoisotopic (exact) mass is 396 g/mol. The second-order valence-electron chi connectivity index (χ2n) is 7.89. The van der Waals surface area contributed by atoms with Crippen molar-refractivity contribution < 1.29 is 14.0 Å². The van der Waals surface area contributed by atoms with Crippen molar-refractivity contribution in [2.24, 2.45) is 0 Å². The van der Waals surface area contributed by atoms with Gasteiger partial charge in [0.25, 0.3) is 5.91 Å². The second kappa shape index (κ2) is 8.78. The number of carbonyl (C=O) groups excluding carboxylic acids is 2. The normalized spacial score (nSPS) is 17.1. The fourth-order valence-corrected chi connectivity index (χ4v) is 4.24. The number of fused-ring (bicyclic) bond motifs is 1. The number of aromatic nitrogens is 1. The molecule has 2 aliphatic heterocycles. The number of piperidine rings is 1. The molecule has 2 aromatic heterocycles. The van der Waals surface area contributed by atoms with Gasteiger partial charge >= 0.3 is 0 Å². The Morgan fingerprint density at radius 3 is 2.79 bits per heavy atom. The summed E-state index contributed by atoms with van der Waals surface area (Å²) in [6, 6.07) is 3.34. The lowest BCUT2D eigenvalue weighted by molar-refractivity contribution is -0.133. The fraction of sp³-hybridized carbons (Fsp3) is 0.500. The Bertz CT molecular complexity index is 872. The number of pyridine rings is 1. The van der Waals surface area contributed by atoms with Crippen LogP contribution in [-0.4, -0.2) is 52.8 Å². The number of nitrogens with one attached hydrogen (secondary N) is 1. The maximum atomic E-state index is 12.8. The topological polar surface area (TPSA) is 78.7 Å². The summed E-state index contributed by atoms with van der Waals surface area (Å²) in [5.74, 6) is 0.266. The maximum absolute atomic E-state index is 12.8. The highest BCUT2D eigenvalue weighted by Gasteiger charge is 2.25. The average Bonchev–Trinajstić information content (AvgIpc) is 3.28. The number of likely N-dealkylation sites (tertiary alicyclic amines) is 1. The molecule has 0 saturated carbocycles. The zero-order valence-electron chi connectivity index (χ0n) is 16.9. The largest absolute Gasteiger partial charge is 0.459 e. The lowest BCUT2D eigenvalue weighted by Gasteiger charge is -2.33. The van der Waals surface area contributed by atoms with Crippen LogP contribution < -0.4 is 5.32 Å². The summed E-state index contributed by atoms with van der Waals surface area (Å²) in [4.78, 5) is 33.7. The van der Waals surface area contributed by atoms with Gasteiger partial charge in [-0.2, -0.15) is 0 Å². The minimum Gasteiger partial charge on any atom is -0.459 e. The van der Waals surface area contributed by atoms with Gasteiger partial charge in [0, 0.05) is 31.5 Å². The highest BCUT2D eigenvalue weighted by Crippen LogP contribution is 2.24. The average molecular weight is 396 g/mol. The van der Waals surface area contributed by atoms with Crippen molar-refractivity contribution in [1.29, 1.82) is 0 Å². The van der Waals surface area contributed by atoms with Crippen molar-refractivity contribution in [1.82, 2.24) is 20.1 Å². The lowest BCUT2D eigenvalue weighted by Crippen LogP contribution is -2.44. The third-order valence-electron chi connectivity index (χ3n) is 5.93. The van der Waals surface area contributed by atoms with E-state index in [9.17, 15) is 9.59 Å². The van der Waals surface area contributed by atoms with Gasteiger partial charge in [0.05, 0.1) is 12.8 Å². The van der Waals surface area contributed by atoms with Crippen LogP contribution in [0.2, 0.25) is 0 Å². The Morgan fingerprint density at radius 2 is 2.03 bits per heavy atom. The first-order valence-electron chi connectivity index (χ1n) is 10.4. The van der Waals surface area contributed by atoms with E-state index in [1.54, 1.807) is 12.1 Å². The van der Waals surface area contributed by atoms with Crippen molar-refractivity contribution in [2.45, 2.75) is 45.7 Å². The Morgan fingerprint density at radius 1 is 1.21 bits per heavy atom. The number of nitrogens with zero attached hydrogens (tertiary/aromatic N) is 3. The van der Waals surface area contributed by atoms with E-state index in [0.29, 0.717) is 31.9 Å². The van der Waals surface area contributed by atoms with E-state index in [4.69, 9.17) is 4.42 Å². The molecule has 2 aromatic rings. The summed E-state index contributed by atoms with van der Waals surface area (Å²) in [5, 5.41) is 2.92. The summed E-state index contributed by atoms with van der Waals surface area (Å²) in [5.41, 5.74) is 4.25. The lowest BCUT2D eigenvalue weighted by atomic mass is 9.94. The molecule has 2 amide bonds. The SMILES string of the molecule is Cc1ncc2c(c1CNC(=O)c1ccco1)CCN(C(=O)CN1CCCCC1)C2. The molecule has 4 heterocycles. The first-order chi connectivity index (χ1) is 14.1. The molecule has 29 heavy (non-hydrogen) atoms. The van der Waals surface area contributed by atoms with Crippen molar-refractivity contribution in [2.75, 3.05) is 26.2 Å². The molecule has 1 fully saturated rings. The van der Waals surface area contributed by atoms with Gasteiger partial charge in [-0.05, 0) is 68.1 Å². The molecule has 0 bridgehead atoms. The summed E-state index contributed by atoms with van der Waals surface area (Å²) >= 11 is 0. The summed E-state index contributed by atoms with van der Waals surface area (Å²) in [7, 11) is 0. The molecule has 2 aliphatic rings. The van der Waals surface area contributed by atoms with Gasteiger partial charge in [-0.1, -0.05) is 6.42 Å². The van der Waals surface area contributed by atoms with Crippen LogP contribution in [0.1, 0.15) is 52.2 Å². The van der Waals surface area contributed by atoms with Gasteiger partial charge in [-0.25, -0.2) is 0 Å². The Kier molecular flexibility index (Phi) is 5.94. The minimum atomic E-state index is -0.235. The third kappa shape index (κ3) is 4.50. The van der Waals surface area contributed by atoms with E-state index in [1.807, 2.05) is 18.0 Å². The minimum absolute atomic E-state index is 0.200. The summed E-state index contributed by atoms with van der Waals surface area (Å²) < 4.78 is 5.15. The van der Waals surface area contributed by atoms with Crippen LogP contribution in [0, 0.1) is 6.92 Å². The van der Waals surface area contributed by atoms with Crippen molar-refractivity contribution in [3.05, 3.63) is 52.7 Å². The molecule has 1 saturated heterocycles. The molecule has 0 radical (unpaired) electrons. The van der Waals surface area contributed by atoms with E-state index in [2.05, 4.69) is 15.2 Å². The van der Waals surface area contributed by atoms with Crippen LogP contribution in [-0.2, 0) is 24.3 Å². The first-order valence-corrected chi connectivity index (χ1v) is 10.4. The first kappa shape index (κ1) is 19.6. The third-order valence-corrected chi connectivity index (χ3v) is 5.93. The molecule has 0 aliphatic carbocycles. The van der Waals surface area contributed by atoms with Gasteiger partial charge in [0.1, 0.15) is 0 Å². The zero-order valence-corrected chi connectivity index (χ0v) is 16.9. The smallest absolute Gasteiger partial charge is 0.287 e. The highest BCUT2D eigenvalue weighted by atomic mass is 16.3. The Labute approximate surface area is 171 Å². The number of aryl methyl sites for hydroxylation is 1. The van der Waals surface area contributed by atoms with E-state index in [1.165, 1.54) is 31.1 Å². The highest BCUT2D eigenvalue weighted by molar-refractivity contribution is 5.91. The van der Waals surface area contributed by atoms with Crippen LogP contribution in [0.5, 0.6) is 0 Å². The number of hydrogen-bond acceptors (Lipinski definition) is 5. The van der Waals surface area contributed by atoms with Gasteiger partial charge < -0.3 is 14.6 Å². The van der Waals surface area contributed by atoms with Gasteiger partial charge in [0.15, 0.2) is 5.76 Å². The number of rotatable bonds is 5. The summed E-state index contributed by atoms with van der Waals surface area (Å²) in [6.45, 7) is 6.23. The fourth-order valence-electron chi connectivity index (χ4n) is 4.24. The van der Waals surface area contributed by atoms with Gasteiger partial charge in [-0.3, -0.25) is 19.5 Å². The van der Waals surface area contributed by atoms with E-state index >= 15 is 0 Å². The molecule has 154 valence electrons. The quantitative estimate of drug-likeness (QED) is 0.839. The van der Waals surface area contributed by atoms with Crippen molar-refractivity contribution >= 4 is 11.8 Å². The summed E-state index contributed by atoms with van der Waals surface area (Å²) in [6.07, 6.45) is 7.80. The van der Waals surface area contributed by atoms with Crippen molar-refractivity contribution in [3.63, 3.8) is 0 Å². The molecule has 4 rings (SSSR count). The standard InChI is InChI=1S/C22H28N4O3/c1-16-19(13-24-22(28)20-6-5-11-29-20)18-7-10-26(14-17(18)12-23-16)21(27)15-25-8-3-2-4-9-25/h5-6,11-12H,2-4,7-10,13-15H2,1H3,(H,24,28). The van der Waals surface area contributed by atoms with Crippen LogP contribution in [0.4, 0.5) is 0 Å². The molecular formula is C22H28N4O3. The molecule has 0 atom stereocenters. The maximum Gasteiger partial charge on any atom is 0.287 e. The molecule has 0 spiro atoms. The number of hydrogen-bond donors (Lipinski definition) is 1. The molecule has 1 N–H and O–H groups in total. The zero-order chi connectivity index (χ0) is 20.2. The predicted octanol–water partition coefficient (Wildman–Crippen LogP) is 2.28. The molecule has 0 aromatic carbocycles. The van der Waals surface area contributed by atoms with E-state index in [0.717, 1.165) is 36.3 Å². The molecule has 0 unspecified atom stereocenters. The van der Waals surface area contributed by atoms with Gasteiger partial charge in [-0.15, -0.1) is 0 Å². The second-order valence-corrected chi connectivity index (χ2v) is 7.89. The Hall–Kier alpha value is -2.67. The number of carbonyl (C=O) groups is 2. The van der Waals surface area contributed by atoms with Crippen LogP contribution >= 0.6 is 0 Å². The number of amides is 2. The van der Waals surface area contributed by atoms with Crippen LogP contribution in [0.15, 0.2) is 29.0 Å². The Balaban J connectivity index is 1.41. The van der Waals surface area contributed by atoms with Gasteiger partial charge in [0.2, 0.25) is 5.91 Å². The van der Waals surface area contributed by atoms with E-state index < -0.39 is 0 Å². The van der Waals surface area contributed by atoms with Crippen LogP contribution in [0.25, 0.3) is 0 Å². The predicted molar refractivity (Wildman–Crippen MR) is 108 cm³/mol. The molecule has 7 heteroatoms. The molecular weight excluding hydrogens is 368 g/mol. The van der Waals surface area contributed by atoms with Crippen molar-refractivity contribution in [3.8, 4) is 0 Å². The van der Waals surface area contributed by atoms with E-state index in [-0.39, 0.29) is 11.8 Å². The number of furan rings is 1.